The number of halogens is 6. The Balaban J connectivity index is 1.75. The van der Waals surface area contributed by atoms with Gasteiger partial charge in [-0.25, -0.2) is 17.5 Å². The normalized spacial score (nSPS) is 13.4. The Morgan fingerprint density at radius 1 is 1.03 bits per heavy atom. The maximum absolute atomic E-state index is 14.0. The Morgan fingerprint density at radius 3 is 2.32 bits per heavy atom. The fourth-order valence-corrected chi connectivity index (χ4v) is 5.62. The van der Waals surface area contributed by atoms with E-state index in [-0.39, 0.29) is 10.6 Å². The first kappa shape index (κ1) is 24.3. The average Bonchev–Trinajstić information content (AvgIpc) is 3.14. The van der Waals surface area contributed by atoms with Gasteiger partial charge in [0.25, 0.3) is 0 Å². The molecule has 0 radical (unpaired) electrons. The van der Waals surface area contributed by atoms with Crippen LogP contribution in [0.1, 0.15) is 11.6 Å². The van der Waals surface area contributed by atoms with Crippen molar-refractivity contribution in [1.29, 1.82) is 0 Å². The molecule has 4 rings (SSSR count). The molecule has 1 aromatic heterocycles. The summed E-state index contributed by atoms with van der Waals surface area (Å²) >= 11 is 11.7. The van der Waals surface area contributed by atoms with Crippen molar-refractivity contribution in [2.24, 2.45) is 0 Å². The van der Waals surface area contributed by atoms with E-state index in [1.807, 2.05) is 0 Å². The lowest BCUT2D eigenvalue weighted by Gasteiger charge is -2.23. The summed E-state index contributed by atoms with van der Waals surface area (Å²) in [5, 5.41) is 4.05. The number of alkyl halides is 3. The van der Waals surface area contributed by atoms with Gasteiger partial charge in [-0.3, -0.25) is 0 Å². The fourth-order valence-electron chi connectivity index (χ4n) is 3.42. The topological polar surface area (TPSA) is 90.0 Å². The van der Waals surface area contributed by atoms with Crippen molar-refractivity contribution in [3.8, 4) is 5.69 Å². The monoisotopic (exact) mass is 532 g/mol. The molecule has 13 heteroatoms. The van der Waals surface area contributed by atoms with E-state index in [0.29, 0.717) is 16.6 Å². The number of nitrogens with one attached hydrogen (secondary N) is 1. The summed E-state index contributed by atoms with van der Waals surface area (Å²) in [6.45, 7) is 0. The number of nitrogens with zero attached hydrogens (tertiary/aromatic N) is 2. The van der Waals surface area contributed by atoms with Crippen LogP contribution in [0.5, 0.6) is 0 Å². The zero-order chi connectivity index (χ0) is 24.8. The summed E-state index contributed by atoms with van der Waals surface area (Å²) in [6, 6.07) is 8.53. The molecule has 0 bridgehead atoms. The third-order valence-electron chi connectivity index (χ3n) is 4.90. The minimum absolute atomic E-state index is 0.0254. The first-order chi connectivity index (χ1) is 15.9. The van der Waals surface area contributed by atoms with Crippen molar-refractivity contribution in [3.05, 3.63) is 82.2 Å². The van der Waals surface area contributed by atoms with Crippen molar-refractivity contribution in [1.82, 2.24) is 14.5 Å². The molecule has 0 saturated heterocycles. The quantitative estimate of drug-likeness (QED) is 0.257. The van der Waals surface area contributed by atoms with E-state index in [9.17, 15) is 26.0 Å². The van der Waals surface area contributed by atoms with Gasteiger partial charge < -0.3 is 5.73 Å². The van der Waals surface area contributed by atoms with Gasteiger partial charge in [0.1, 0.15) is 16.8 Å². The number of rotatable bonds is 5. The highest BCUT2D eigenvalue weighted by Gasteiger charge is 2.44. The van der Waals surface area contributed by atoms with Gasteiger partial charge in [0.2, 0.25) is 10.0 Å². The fraction of sp³-hybridized carbons (Fsp3) is 0.0952. The number of aromatic nitrogens is 2. The predicted molar refractivity (Wildman–Crippen MR) is 121 cm³/mol. The van der Waals surface area contributed by atoms with Crippen LogP contribution in [0, 0.1) is 5.82 Å². The number of hydrogen-bond acceptors (Lipinski definition) is 4. The number of nitrogen functional groups attached to an aromatic ring is 1. The Hall–Kier alpha value is -2.86. The van der Waals surface area contributed by atoms with Crippen molar-refractivity contribution in [2.45, 2.75) is 17.1 Å². The molecule has 0 aliphatic rings. The van der Waals surface area contributed by atoms with Crippen LogP contribution < -0.4 is 10.5 Å². The van der Waals surface area contributed by atoms with Crippen LogP contribution in [-0.4, -0.2) is 24.4 Å². The van der Waals surface area contributed by atoms with Crippen LogP contribution in [0.2, 0.25) is 10.0 Å². The lowest BCUT2D eigenvalue weighted by atomic mass is 10.1. The second-order valence-electron chi connectivity index (χ2n) is 7.25. The summed E-state index contributed by atoms with van der Waals surface area (Å²) < 4.78 is 83.8. The smallest absolute Gasteiger partial charge is 0.398 e. The molecule has 34 heavy (non-hydrogen) atoms. The van der Waals surface area contributed by atoms with Gasteiger partial charge in [-0.05, 0) is 54.1 Å². The van der Waals surface area contributed by atoms with Crippen molar-refractivity contribution in [2.75, 3.05) is 5.73 Å². The van der Waals surface area contributed by atoms with E-state index in [1.54, 1.807) is 4.72 Å². The molecule has 0 aliphatic heterocycles. The molecule has 0 aliphatic carbocycles. The lowest BCUT2D eigenvalue weighted by molar-refractivity contribution is -0.153. The lowest BCUT2D eigenvalue weighted by Crippen LogP contribution is -2.38. The summed E-state index contributed by atoms with van der Waals surface area (Å²) in [5.74, 6) is -0.454. The number of nitrogens with two attached hydrogens (primary N) is 1. The minimum Gasteiger partial charge on any atom is -0.398 e. The molecule has 0 saturated carbocycles. The van der Waals surface area contributed by atoms with Gasteiger partial charge in [-0.1, -0.05) is 29.3 Å². The number of benzene rings is 3. The van der Waals surface area contributed by atoms with Gasteiger partial charge in [0, 0.05) is 10.4 Å². The summed E-state index contributed by atoms with van der Waals surface area (Å²) in [6.07, 6.45) is -3.68. The Labute approximate surface area is 200 Å². The molecular formula is C21H14Cl2F4N4O2S. The highest BCUT2D eigenvalue weighted by atomic mass is 35.5. The van der Waals surface area contributed by atoms with E-state index in [0.717, 1.165) is 24.3 Å². The largest absolute Gasteiger partial charge is 0.408 e. The third-order valence-corrected chi connectivity index (χ3v) is 7.07. The molecular weight excluding hydrogens is 519 g/mol. The molecule has 0 fully saturated rings. The van der Waals surface area contributed by atoms with Crippen molar-refractivity contribution < 1.29 is 26.0 Å². The predicted octanol–water partition coefficient (Wildman–Crippen LogP) is 5.64. The molecule has 0 amide bonds. The molecule has 1 unspecified atom stereocenters. The average molecular weight is 533 g/mol. The van der Waals surface area contributed by atoms with Gasteiger partial charge >= 0.3 is 6.18 Å². The van der Waals surface area contributed by atoms with Gasteiger partial charge in [-0.15, -0.1) is 0 Å². The van der Waals surface area contributed by atoms with E-state index in [4.69, 9.17) is 28.9 Å². The van der Waals surface area contributed by atoms with E-state index in [1.165, 1.54) is 41.2 Å². The van der Waals surface area contributed by atoms with Gasteiger partial charge in [0.15, 0.2) is 0 Å². The minimum atomic E-state index is -5.00. The Bertz CT molecular complexity index is 1470. The van der Waals surface area contributed by atoms with E-state index >= 15 is 0 Å². The highest BCUT2D eigenvalue weighted by molar-refractivity contribution is 7.89. The molecule has 1 heterocycles. The summed E-state index contributed by atoms with van der Waals surface area (Å²) in [5.41, 5.74) is 5.81. The SMILES string of the molecule is Nc1cc(Cl)cc(Cl)c1S(=O)(=O)NC(c1ccc2c(cnn2-c2ccc(F)cc2)c1)C(F)(F)F. The van der Waals surface area contributed by atoms with E-state index in [2.05, 4.69) is 5.10 Å². The first-order valence-corrected chi connectivity index (χ1v) is 11.7. The van der Waals surface area contributed by atoms with Crippen LogP contribution >= 0.6 is 23.2 Å². The number of fused-ring (bicyclic) bond motifs is 1. The van der Waals surface area contributed by atoms with Crippen LogP contribution in [0.25, 0.3) is 16.6 Å². The second-order valence-corrected chi connectivity index (χ2v) is 9.75. The third kappa shape index (κ3) is 4.69. The van der Waals surface area contributed by atoms with Gasteiger partial charge in [0.05, 0.1) is 28.1 Å². The molecule has 1 atom stereocenters. The summed E-state index contributed by atoms with van der Waals surface area (Å²) in [4.78, 5) is -0.710. The maximum atomic E-state index is 14.0. The van der Waals surface area contributed by atoms with Crippen LogP contribution in [-0.2, 0) is 10.0 Å². The van der Waals surface area contributed by atoms with Crippen molar-refractivity contribution in [3.63, 3.8) is 0 Å². The van der Waals surface area contributed by atoms with Crippen LogP contribution in [0.4, 0.5) is 23.2 Å². The zero-order valence-corrected chi connectivity index (χ0v) is 19.1. The molecule has 3 aromatic carbocycles. The molecule has 4 aromatic rings. The first-order valence-electron chi connectivity index (χ1n) is 9.44. The van der Waals surface area contributed by atoms with Gasteiger partial charge in [-0.2, -0.15) is 23.0 Å². The van der Waals surface area contributed by atoms with E-state index < -0.39 is 43.7 Å². The number of sulfonamides is 1. The standard InChI is InChI=1S/C21H14Cl2F4N4O2S/c22-13-8-16(23)19(17(28)9-13)34(32,33)30-20(21(25,26)27)11-1-6-18-12(7-11)10-29-31(18)15-4-2-14(24)3-5-15/h1-10,20,30H,28H2. The summed E-state index contributed by atoms with van der Waals surface area (Å²) in [7, 11) is -4.81. The molecule has 3 N–H and O–H groups in total. The zero-order valence-electron chi connectivity index (χ0n) is 16.8. The van der Waals surface area contributed by atoms with Crippen LogP contribution in [0.3, 0.4) is 0 Å². The van der Waals surface area contributed by atoms with Crippen molar-refractivity contribution >= 4 is 49.8 Å². The maximum Gasteiger partial charge on any atom is 0.408 e. The number of anilines is 1. The Kier molecular flexibility index (Phi) is 6.23. The second kappa shape index (κ2) is 8.73. The number of hydrogen-bond donors (Lipinski definition) is 2. The highest BCUT2D eigenvalue weighted by Crippen LogP contribution is 2.38. The molecule has 178 valence electrons. The molecule has 0 spiro atoms. The molecule has 6 nitrogen and oxygen atoms in total. The van der Waals surface area contributed by atoms with Crippen LogP contribution in [0.15, 0.2) is 65.7 Å². The Morgan fingerprint density at radius 2 is 1.71 bits per heavy atom.